The number of likely N-dealkylation sites (tertiary alicyclic amines) is 1. The van der Waals surface area contributed by atoms with Crippen molar-refractivity contribution >= 4 is 11.3 Å². The summed E-state index contributed by atoms with van der Waals surface area (Å²) in [6.07, 6.45) is 2.74. The highest BCUT2D eigenvalue weighted by atomic mass is 32.1. The molecule has 1 aliphatic heterocycles. The maximum Gasteiger partial charge on any atom is 0.106 e. The van der Waals surface area contributed by atoms with Crippen LogP contribution in [0.25, 0.3) is 0 Å². The quantitative estimate of drug-likeness (QED) is 0.826. The van der Waals surface area contributed by atoms with Crippen LogP contribution in [0, 0.1) is 0 Å². The van der Waals surface area contributed by atoms with Gasteiger partial charge in [-0.2, -0.15) is 0 Å². The first kappa shape index (κ1) is 13.0. The molecule has 0 bridgehead atoms. The van der Waals surface area contributed by atoms with Crippen LogP contribution in [0.5, 0.6) is 0 Å². The van der Waals surface area contributed by atoms with Crippen LogP contribution >= 0.6 is 11.3 Å². The van der Waals surface area contributed by atoms with Gasteiger partial charge in [-0.15, -0.1) is 11.3 Å². The number of nitrogens with two attached hydrogens (primary N) is 1. The largest absolute Gasteiger partial charge is 0.325 e. The van der Waals surface area contributed by atoms with Gasteiger partial charge in [-0.1, -0.05) is 0 Å². The number of thiazole rings is 1. The molecule has 2 heterocycles. The van der Waals surface area contributed by atoms with Crippen LogP contribution in [0.15, 0.2) is 5.38 Å². The Labute approximate surface area is 107 Å². The topological polar surface area (TPSA) is 45.4 Å². The van der Waals surface area contributed by atoms with Crippen molar-refractivity contribution in [2.75, 3.05) is 33.2 Å². The van der Waals surface area contributed by atoms with Crippen LogP contribution in [0.3, 0.4) is 0 Å². The summed E-state index contributed by atoms with van der Waals surface area (Å²) in [5, 5.41) is 3.15. The minimum Gasteiger partial charge on any atom is -0.325 e. The van der Waals surface area contributed by atoms with E-state index >= 15 is 0 Å². The molecule has 1 saturated heterocycles. The molecule has 1 aromatic heterocycles. The van der Waals surface area contributed by atoms with Crippen LogP contribution in [0.2, 0.25) is 0 Å². The average molecular weight is 254 g/mol. The third-order valence-corrected chi connectivity index (χ3v) is 4.12. The number of hydrogen-bond donors (Lipinski definition) is 1. The third-order valence-electron chi connectivity index (χ3n) is 3.20. The second kappa shape index (κ2) is 6.44. The van der Waals surface area contributed by atoms with E-state index in [4.69, 9.17) is 5.73 Å². The van der Waals surface area contributed by atoms with Crippen molar-refractivity contribution in [3.05, 3.63) is 16.1 Å². The van der Waals surface area contributed by atoms with Crippen molar-refractivity contribution in [3.8, 4) is 0 Å². The molecule has 2 N–H and O–H groups in total. The highest BCUT2D eigenvalue weighted by molar-refractivity contribution is 7.09. The number of hydrogen-bond acceptors (Lipinski definition) is 5. The van der Waals surface area contributed by atoms with Crippen LogP contribution < -0.4 is 5.73 Å². The van der Waals surface area contributed by atoms with Gasteiger partial charge in [0.15, 0.2) is 0 Å². The summed E-state index contributed by atoms with van der Waals surface area (Å²) in [5.41, 5.74) is 6.72. The van der Waals surface area contributed by atoms with E-state index in [1.54, 1.807) is 11.3 Å². The molecular weight excluding hydrogens is 232 g/mol. The Bertz CT molecular complexity index is 333. The molecule has 17 heavy (non-hydrogen) atoms. The smallest absolute Gasteiger partial charge is 0.106 e. The third kappa shape index (κ3) is 4.03. The number of likely N-dealkylation sites (N-methyl/N-ethyl adjacent to an activating group) is 1. The second-order valence-corrected chi connectivity index (χ2v) is 5.67. The maximum absolute atomic E-state index is 5.56. The Morgan fingerprint density at radius 1 is 1.47 bits per heavy atom. The van der Waals surface area contributed by atoms with Gasteiger partial charge in [0.25, 0.3) is 0 Å². The molecule has 0 atom stereocenters. The molecule has 1 fully saturated rings. The Balaban J connectivity index is 1.70. The number of nitrogens with zero attached hydrogens (tertiary/aromatic N) is 3. The van der Waals surface area contributed by atoms with Gasteiger partial charge < -0.3 is 10.6 Å². The summed E-state index contributed by atoms with van der Waals surface area (Å²) < 4.78 is 0. The lowest BCUT2D eigenvalue weighted by Crippen LogP contribution is -2.31. The molecule has 0 unspecified atom stereocenters. The summed E-state index contributed by atoms with van der Waals surface area (Å²) in [6.45, 7) is 6.36. The normalized spacial score (nSPS) is 17.1. The summed E-state index contributed by atoms with van der Waals surface area (Å²) in [4.78, 5) is 9.37. The van der Waals surface area contributed by atoms with Crippen LogP contribution in [-0.4, -0.2) is 48.0 Å². The van der Waals surface area contributed by atoms with Crippen molar-refractivity contribution in [1.29, 1.82) is 0 Å². The standard InChI is InChI=1S/C12H22N4S/c1-15(6-7-16-4-2-3-5-16)9-11-10-17-12(8-13)14-11/h10H,2-9,13H2,1H3. The highest BCUT2D eigenvalue weighted by Crippen LogP contribution is 2.11. The summed E-state index contributed by atoms with van der Waals surface area (Å²) in [5.74, 6) is 0. The van der Waals surface area contributed by atoms with Crippen molar-refractivity contribution in [3.63, 3.8) is 0 Å². The summed E-state index contributed by atoms with van der Waals surface area (Å²) >= 11 is 1.66. The predicted octanol–water partition coefficient (Wildman–Crippen LogP) is 1.13. The van der Waals surface area contributed by atoms with Gasteiger partial charge in [0.1, 0.15) is 5.01 Å². The Hall–Kier alpha value is -0.490. The first-order chi connectivity index (χ1) is 8.28. The molecular formula is C12H22N4S. The number of aromatic nitrogens is 1. The highest BCUT2D eigenvalue weighted by Gasteiger charge is 2.12. The minimum atomic E-state index is 0.558. The zero-order valence-corrected chi connectivity index (χ0v) is 11.4. The molecule has 2 rings (SSSR count). The maximum atomic E-state index is 5.56. The Morgan fingerprint density at radius 3 is 2.88 bits per heavy atom. The molecule has 0 radical (unpaired) electrons. The lowest BCUT2D eigenvalue weighted by Gasteiger charge is -2.20. The van der Waals surface area contributed by atoms with Gasteiger partial charge in [-0.3, -0.25) is 4.90 Å². The molecule has 96 valence electrons. The fourth-order valence-electron chi connectivity index (χ4n) is 2.19. The Morgan fingerprint density at radius 2 is 2.24 bits per heavy atom. The van der Waals surface area contributed by atoms with Gasteiger partial charge in [0.2, 0.25) is 0 Å². The van der Waals surface area contributed by atoms with Crippen molar-refractivity contribution in [2.24, 2.45) is 5.73 Å². The molecule has 4 nitrogen and oxygen atoms in total. The molecule has 1 aromatic rings. The van der Waals surface area contributed by atoms with Gasteiger partial charge in [-0.25, -0.2) is 4.98 Å². The predicted molar refractivity (Wildman–Crippen MR) is 72.0 cm³/mol. The summed E-state index contributed by atoms with van der Waals surface area (Å²) in [7, 11) is 2.16. The average Bonchev–Trinajstić information content (AvgIpc) is 2.97. The van der Waals surface area contributed by atoms with E-state index in [0.717, 1.165) is 23.8 Å². The van der Waals surface area contributed by atoms with Crippen molar-refractivity contribution in [1.82, 2.24) is 14.8 Å². The SMILES string of the molecule is CN(CCN1CCCC1)Cc1csc(CN)n1. The van der Waals surface area contributed by atoms with Crippen LogP contribution in [-0.2, 0) is 13.1 Å². The zero-order chi connectivity index (χ0) is 12.1. The lowest BCUT2D eigenvalue weighted by atomic mass is 10.4. The van der Waals surface area contributed by atoms with Gasteiger partial charge >= 0.3 is 0 Å². The monoisotopic (exact) mass is 254 g/mol. The fraction of sp³-hybridized carbons (Fsp3) is 0.750. The molecule has 0 spiro atoms. The van der Waals surface area contributed by atoms with Crippen LogP contribution in [0.4, 0.5) is 0 Å². The first-order valence-electron chi connectivity index (χ1n) is 6.32. The summed E-state index contributed by atoms with van der Waals surface area (Å²) in [6, 6.07) is 0. The molecule has 0 saturated carbocycles. The molecule has 0 amide bonds. The number of rotatable bonds is 6. The van der Waals surface area contributed by atoms with E-state index in [0.29, 0.717) is 6.54 Å². The lowest BCUT2D eigenvalue weighted by molar-refractivity contribution is 0.251. The minimum absolute atomic E-state index is 0.558. The van der Waals surface area contributed by atoms with Gasteiger partial charge in [-0.05, 0) is 33.0 Å². The van der Waals surface area contributed by atoms with Gasteiger partial charge in [0.05, 0.1) is 5.69 Å². The van der Waals surface area contributed by atoms with E-state index < -0.39 is 0 Å². The molecule has 0 aromatic carbocycles. The van der Waals surface area contributed by atoms with E-state index in [2.05, 4.69) is 27.2 Å². The van der Waals surface area contributed by atoms with Crippen LogP contribution in [0.1, 0.15) is 23.5 Å². The Kier molecular flexibility index (Phi) is 4.91. The van der Waals surface area contributed by atoms with E-state index in [9.17, 15) is 0 Å². The zero-order valence-electron chi connectivity index (χ0n) is 10.6. The second-order valence-electron chi connectivity index (χ2n) is 4.72. The fourth-order valence-corrected chi connectivity index (χ4v) is 2.85. The van der Waals surface area contributed by atoms with E-state index in [1.165, 1.54) is 32.5 Å². The first-order valence-corrected chi connectivity index (χ1v) is 7.20. The van der Waals surface area contributed by atoms with E-state index in [1.807, 2.05) is 0 Å². The van der Waals surface area contributed by atoms with Crippen molar-refractivity contribution in [2.45, 2.75) is 25.9 Å². The van der Waals surface area contributed by atoms with E-state index in [-0.39, 0.29) is 0 Å². The molecule has 0 aliphatic carbocycles. The molecule has 1 aliphatic rings. The molecule has 5 heteroatoms. The van der Waals surface area contributed by atoms with Crippen molar-refractivity contribution < 1.29 is 0 Å². The van der Waals surface area contributed by atoms with Gasteiger partial charge in [0, 0.05) is 31.6 Å².